The van der Waals surface area contributed by atoms with Crippen molar-refractivity contribution in [1.82, 2.24) is 5.32 Å². The summed E-state index contributed by atoms with van der Waals surface area (Å²) in [6.45, 7) is 2.79. The smallest absolute Gasteiger partial charge is 0.252 e. The van der Waals surface area contributed by atoms with Gasteiger partial charge in [-0.3, -0.25) is 4.79 Å². The second-order valence-corrected chi connectivity index (χ2v) is 7.08. The van der Waals surface area contributed by atoms with Gasteiger partial charge in [-0.2, -0.15) is 0 Å². The summed E-state index contributed by atoms with van der Waals surface area (Å²) in [5.74, 6) is 1.00. The summed E-state index contributed by atoms with van der Waals surface area (Å²) in [6, 6.07) is 1.31. The van der Waals surface area contributed by atoms with E-state index in [-0.39, 0.29) is 10.1 Å². The van der Waals surface area contributed by atoms with Crippen molar-refractivity contribution >= 4 is 27.3 Å². The third kappa shape index (κ3) is 3.05. The molecule has 1 amide bonds. The molecule has 0 aliphatic heterocycles. The summed E-state index contributed by atoms with van der Waals surface area (Å²) in [7, 11) is -3.70. The van der Waals surface area contributed by atoms with Crippen LogP contribution in [0, 0.1) is 11.8 Å². The number of hydrogen-bond acceptors (Lipinski definition) is 4. The van der Waals surface area contributed by atoms with Gasteiger partial charge in [0.05, 0.1) is 5.56 Å². The molecule has 5 nitrogen and oxygen atoms in total. The van der Waals surface area contributed by atoms with Gasteiger partial charge in [-0.25, -0.2) is 13.6 Å². The largest absolute Gasteiger partial charge is 0.352 e. The summed E-state index contributed by atoms with van der Waals surface area (Å²) in [5.41, 5.74) is 0.354. The molecule has 0 radical (unpaired) electrons. The number of rotatable bonds is 4. The molecule has 1 saturated carbocycles. The van der Waals surface area contributed by atoms with Crippen LogP contribution < -0.4 is 10.5 Å². The lowest BCUT2D eigenvalue weighted by atomic mass is 10.3. The number of sulfonamides is 1. The molecule has 3 N–H and O–H groups in total. The van der Waals surface area contributed by atoms with Crippen LogP contribution in [0.1, 0.15) is 23.7 Å². The van der Waals surface area contributed by atoms with Crippen molar-refractivity contribution in [3.05, 3.63) is 17.0 Å². The van der Waals surface area contributed by atoms with Gasteiger partial charge in [0.25, 0.3) is 5.91 Å². The highest BCUT2D eigenvalue weighted by Gasteiger charge is 2.32. The molecule has 1 aliphatic rings. The number of carbonyl (C=O) groups excluding carboxylic acids is 1. The van der Waals surface area contributed by atoms with Crippen molar-refractivity contribution in [3.8, 4) is 0 Å². The van der Waals surface area contributed by atoms with E-state index in [1.165, 1.54) is 11.4 Å². The fourth-order valence-electron chi connectivity index (χ4n) is 1.59. The Morgan fingerprint density at radius 3 is 2.76 bits per heavy atom. The van der Waals surface area contributed by atoms with Gasteiger partial charge in [0.1, 0.15) is 4.21 Å². The topological polar surface area (TPSA) is 89.3 Å². The van der Waals surface area contributed by atoms with Crippen LogP contribution >= 0.6 is 11.3 Å². The highest BCUT2D eigenvalue weighted by Crippen LogP contribution is 2.36. The van der Waals surface area contributed by atoms with Crippen LogP contribution in [0.5, 0.6) is 0 Å². The summed E-state index contributed by atoms with van der Waals surface area (Å²) in [6.07, 6.45) is 1.15. The van der Waals surface area contributed by atoms with Crippen LogP contribution in [0.3, 0.4) is 0 Å². The molecule has 1 aromatic rings. The van der Waals surface area contributed by atoms with Crippen LogP contribution in [0.25, 0.3) is 0 Å². The van der Waals surface area contributed by atoms with E-state index in [1.807, 2.05) is 0 Å². The second-order valence-electron chi connectivity index (χ2n) is 4.38. The van der Waals surface area contributed by atoms with E-state index in [1.54, 1.807) is 0 Å². The predicted octanol–water partition coefficient (Wildman–Crippen LogP) is 0.781. The summed E-state index contributed by atoms with van der Waals surface area (Å²) in [5, 5.41) is 9.27. The molecule has 1 heterocycles. The lowest BCUT2D eigenvalue weighted by Gasteiger charge is -2.01. The molecular weight excluding hydrogens is 260 g/mol. The summed E-state index contributed by atoms with van der Waals surface area (Å²) in [4.78, 5) is 11.7. The van der Waals surface area contributed by atoms with Crippen molar-refractivity contribution in [1.29, 1.82) is 0 Å². The monoisotopic (exact) mass is 274 g/mol. The number of amides is 1. The summed E-state index contributed by atoms with van der Waals surface area (Å²) >= 11 is 0.961. The van der Waals surface area contributed by atoms with E-state index in [4.69, 9.17) is 5.14 Å². The van der Waals surface area contributed by atoms with Crippen LogP contribution in [0.4, 0.5) is 0 Å². The average molecular weight is 274 g/mol. The lowest BCUT2D eigenvalue weighted by Crippen LogP contribution is -2.25. The van der Waals surface area contributed by atoms with E-state index in [9.17, 15) is 13.2 Å². The maximum absolute atomic E-state index is 11.7. The molecule has 2 unspecified atom stereocenters. The van der Waals surface area contributed by atoms with Gasteiger partial charge in [0.15, 0.2) is 0 Å². The molecule has 0 aromatic carbocycles. The summed E-state index contributed by atoms with van der Waals surface area (Å²) < 4.78 is 22.1. The highest BCUT2D eigenvalue weighted by molar-refractivity contribution is 7.91. The molecule has 2 atom stereocenters. The lowest BCUT2D eigenvalue weighted by molar-refractivity contribution is 0.0951. The quantitative estimate of drug-likeness (QED) is 0.850. The predicted molar refractivity (Wildman–Crippen MR) is 65.3 cm³/mol. The number of carbonyl (C=O) groups is 1. The van der Waals surface area contributed by atoms with E-state index in [2.05, 4.69) is 12.2 Å². The number of nitrogens with one attached hydrogen (secondary N) is 1. The standard InChI is InChI=1S/C10H14N2O3S2/c1-6-2-7(6)4-12-10(13)8-3-9(16-5-8)17(11,14)15/h3,5-7H,2,4H2,1H3,(H,12,13)(H2,11,14,15). The van der Waals surface area contributed by atoms with Crippen LogP contribution in [-0.2, 0) is 10.0 Å². The minimum absolute atomic E-state index is 0.0161. The van der Waals surface area contributed by atoms with Crippen molar-refractivity contribution in [2.75, 3.05) is 6.54 Å². The number of thiophene rings is 1. The highest BCUT2D eigenvalue weighted by atomic mass is 32.2. The van der Waals surface area contributed by atoms with E-state index < -0.39 is 10.0 Å². The van der Waals surface area contributed by atoms with Gasteiger partial charge in [-0.15, -0.1) is 11.3 Å². The molecule has 94 valence electrons. The maximum Gasteiger partial charge on any atom is 0.252 e. The number of nitrogens with two attached hydrogens (primary N) is 1. The van der Waals surface area contributed by atoms with Crippen molar-refractivity contribution in [3.63, 3.8) is 0 Å². The van der Waals surface area contributed by atoms with E-state index >= 15 is 0 Å². The van der Waals surface area contributed by atoms with E-state index in [0.29, 0.717) is 23.9 Å². The Labute approximate surface area is 104 Å². The molecule has 0 saturated heterocycles. The van der Waals surface area contributed by atoms with Gasteiger partial charge in [0.2, 0.25) is 10.0 Å². The van der Waals surface area contributed by atoms with Crippen LogP contribution in [0.15, 0.2) is 15.7 Å². The second kappa shape index (κ2) is 4.40. The van der Waals surface area contributed by atoms with Crippen molar-refractivity contribution in [2.24, 2.45) is 17.0 Å². The van der Waals surface area contributed by atoms with Gasteiger partial charge in [-0.1, -0.05) is 6.92 Å². The van der Waals surface area contributed by atoms with Gasteiger partial charge in [-0.05, 0) is 24.3 Å². The SMILES string of the molecule is CC1CC1CNC(=O)c1csc(S(N)(=O)=O)c1. The van der Waals surface area contributed by atoms with E-state index in [0.717, 1.165) is 17.8 Å². The third-order valence-corrected chi connectivity index (χ3v) is 5.31. The van der Waals surface area contributed by atoms with Crippen LogP contribution in [-0.4, -0.2) is 20.9 Å². The third-order valence-electron chi connectivity index (χ3n) is 2.92. The van der Waals surface area contributed by atoms with Crippen molar-refractivity contribution in [2.45, 2.75) is 17.6 Å². The fourth-order valence-corrected chi connectivity index (χ4v) is 3.18. The zero-order chi connectivity index (χ0) is 12.6. The average Bonchev–Trinajstić information content (AvgIpc) is 2.77. The Morgan fingerprint density at radius 2 is 2.29 bits per heavy atom. The zero-order valence-electron chi connectivity index (χ0n) is 9.34. The Hall–Kier alpha value is -0.920. The van der Waals surface area contributed by atoms with Crippen molar-refractivity contribution < 1.29 is 13.2 Å². The van der Waals surface area contributed by atoms with Gasteiger partial charge in [0, 0.05) is 11.9 Å². The molecule has 17 heavy (non-hydrogen) atoms. The molecule has 1 aliphatic carbocycles. The minimum Gasteiger partial charge on any atom is -0.352 e. The first-order chi connectivity index (χ1) is 7.88. The first kappa shape index (κ1) is 12.5. The Bertz CT molecular complexity index is 536. The molecule has 1 aromatic heterocycles. The Morgan fingerprint density at radius 1 is 1.65 bits per heavy atom. The first-order valence-electron chi connectivity index (χ1n) is 5.27. The Kier molecular flexibility index (Phi) is 3.24. The van der Waals surface area contributed by atoms with Gasteiger partial charge < -0.3 is 5.32 Å². The molecular formula is C10H14N2O3S2. The normalized spacial score (nSPS) is 23.4. The molecule has 0 spiro atoms. The Balaban J connectivity index is 1.97. The zero-order valence-corrected chi connectivity index (χ0v) is 11.0. The fraction of sp³-hybridized carbons (Fsp3) is 0.500. The van der Waals surface area contributed by atoms with Gasteiger partial charge >= 0.3 is 0 Å². The maximum atomic E-state index is 11.7. The minimum atomic E-state index is -3.70. The van der Waals surface area contributed by atoms with Crippen LogP contribution in [0.2, 0.25) is 0 Å². The number of primary sulfonamides is 1. The molecule has 7 heteroatoms. The first-order valence-corrected chi connectivity index (χ1v) is 7.70. The molecule has 1 fully saturated rings. The molecule has 0 bridgehead atoms. The number of hydrogen-bond donors (Lipinski definition) is 2. The molecule has 2 rings (SSSR count).